The summed E-state index contributed by atoms with van der Waals surface area (Å²) in [5, 5.41) is 28.4. The Labute approximate surface area is 361 Å². The van der Waals surface area contributed by atoms with E-state index in [0.29, 0.717) is 38.5 Å². The van der Waals surface area contributed by atoms with Crippen molar-refractivity contribution in [3.05, 3.63) is 109 Å². The van der Waals surface area contributed by atoms with E-state index in [-0.39, 0.29) is 12.8 Å². The van der Waals surface area contributed by atoms with Crippen LogP contribution in [-0.2, 0) is 32.7 Å². The number of allylic oxidation sites excluding steroid dienone is 16. The van der Waals surface area contributed by atoms with Crippen LogP contribution in [0, 0.1) is 0 Å². The van der Waals surface area contributed by atoms with Gasteiger partial charge >= 0.3 is 19.8 Å². The molecular weight excluding hydrogens is 783 g/mol. The van der Waals surface area contributed by atoms with Crippen LogP contribution in [0.2, 0.25) is 0 Å². The predicted octanol–water partition coefficient (Wildman–Crippen LogP) is 10.7. The summed E-state index contributed by atoms with van der Waals surface area (Å²) in [6, 6.07) is 0. The molecule has 0 aliphatic carbocycles. The van der Waals surface area contributed by atoms with E-state index in [0.717, 1.165) is 32.1 Å². The van der Waals surface area contributed by atoms with Crippen LogP contribution < -0.4 is 0 Å². The number of hydrogen-bond acceptors (Lipinski definition) is 10. The lowest BCUT2D eigenvalue weighted by molar-refractivity contribution is -0.161. The van der Waals surface area contributed by atoms with Crippen LogP contribution in [0.4, 0.5) is 0 Å². The first kappa shape index (κ1) is 56.6. The molecule has 4 atom stereocenters. The van der Waals surface area contributed by atoms with E-state index < -0.39 is 64.5 Å². The first-order valence-electron chi connectivity index (χ1n) is 22.0. The summed E-state index contributed by atoms with van der Waals surface area (Å²) < 4.78 is 32.5. The monoisotopic (exact) mass is 861 g/mol. The Bertz CT molecular complexity index is 1380. The topological polar surface area (TPSA) is 169 Å². The van der Waals surface area contributed by atoms with Gasteiger partial charge in [-0.25, -0.2) is 4.57 Å². The minimum absolute atomic E-state index is 0.0293. The highest BCUT2D eigenvalue weighted by atomic mass is 31.2. The number of esters is 2. The molecule has 12 heteroatoms. The number of carbonyl (C=O) groups is 2. The molecule has 0 bridgehead atoms. The zero-order chi connectivity index (χ0) is 44.2. The molecule has 0 aliphatic rings. The average molecular weight is 861 g/mol. The first-order chi connectivity index (χ1) is 29.1. The van der Waals surface area contributed by atoms with Gasteiger partial charge in [-0.2, -0.15) is 0 Å². The van der Waals surface area contributed by atoms with E-state index in [4.69, 9.17) is 19.1 Å². The van der Waals surface area contributed by atoms with Crippen LogP contribution in [0.25, 0.3) is 0 Å². The molecule has 0 aliphatic heterocycles. The second-order valence-electron chi connectivity index (χ2n) is 14.2. The Hall–Kier alpha value is -3.41. The zero-order valence-electron chi connectivity index (χ0n) is 36.5. The molecule has 0 fully saturated rings. The Kier molecular flexibility index (Phi) is 39.9. The quantitative estimate of drug-likeness (QED) is 0.0153. The summed E-state index contributed by atoms with van der Waals surface area (Å²) in [4.78, 5) is 35.0. The van der Waals surface area contributed by atoms with Crippen molar-refractivity contribution < 1.29 is 52.9 Å². The molecule has 11 nitrogen and oxygen atoms in total. The highest BCUT2D eigenvalue weighted by molar-refractivity contribution is 7.47. The van der Waals surface area contributed by atoms with Gasteiger partial charge in [0.1, 0.15) is 12.7 Å². The maximum absolute atomic E-state index is 12.6. The van der Waals surface area contributed by atoms with Gasteiger partial charge in [-0.1, -0.05) is 149 Å². The van der Waals surface area contributed by atoms with Crippen LogP contribution in [0.1, 0.15) is 136 Å². The number of rotatable bonds is 39. The molecule has 340 valence electrons. The highest BCUT2D eigenvalue weighted by Crippen LogP contribution is 2.43. The fraction of sp³-hybridized carbons (Fsp3) is 0.583. The lowest BCUT2D eigenvalue weighted by Crippen LogP contribution is -2.29. The molecule has 0 saturated heterocycles. The van der Waals surface area contributed by atoms with Crippen LogP contribution in [0.15, 0.2) is 109 Å². The van der Waals surface area contributed by atoms with Crippen molar-refractivity contribution in [2.24, 2.45) is 0 Å². The number of aliphatic hydroxyl groups is 3. The van der Waals surface area contributed by atoms with E-state index in [9.17, 15) is 29.3 Å². The number of phosphoric ester groups is 1. The third-order valence-electron chi connectivity index (χ3n) is 8.49. The number of unbranched alkanes of at least 4 members (excludes halogenated alkanes) is 7. The molecule has 0 aromatic rings. The Morgan fingerprint density at radius 1 is 0.567 bits per heavy atom. The summed E-state index contributed by atoms with van der Waals surface area (Å²) in [5.74, 6) is -1.14. The SMILES string of the molecule is CCCCC/C=C\C=C/[C@@H](O)C/C=C\C/C=C/CCCC(=O)OC[C@H](COP(=O)(O)OC[C@@H](O)CO)OC(=O)CC/C=C\C/C=C\C/C=C\C/C=C\C/C=C\CCCCC. The molecule has 0 amide bonds. The van der Waals surface area contributed by atoms with Gasteiger partial charge in [-0.05, 0) is 83.5 Å². The standard InChI is InChI=1S/C48H77O11P/c1-3-5-7-9-11-12-13-14-15-16-17-18-19-20-21-22-26-31-35-39-48(53)59-46(43-58-60(54,55)57-41-45(51)40-49)42-56-47(52)38-34-30-27-23-25-29-33-37-44(50)36-32-28-24-10-8-6-4-2/h11-12,14-15,17-18,20-21,23-24,26-29,31-33,36,44-46,49-51H,3-10,13,16,19,22,25,30,34-35,37-43H2,1-2H3,(H,54,55)/b12-11-,15-14-,18-17-,21-20-,27-23+,28-24-,31-26-,33-29-,36-32-/t44-,45+,46-/m1/s1. The smallest absolute Gasteiger partial charge is 0.462 e. The molecule has 0 aromatic heterocycles. The summed E-state index contributed by atoms with van der Waals surface area (Å²) in [6.07, 6.45) is 49.5. The fourth-order valence-electron chi connectivity index (χ4n) is 5.05. The van der Waals surface area contributed by atoms with Crippen molar-refractivity contribution >= 4 is 19.8 Å². The van der Waals surface area contributed by atoms with Gasteiger partial charge in [-0.3, -0.25) is 18.6 Å². The van der Waals surface area contributed by atoms with Gasteiger partial charge in [0.05, 0.1) is 25.9 Å². The highest BCUT2D eigenvalue weighted by Gasteiger charge is 2.27. The molecule has 60 heavy (non-hydrogen) atoms. The van der Waals surface area contributed by atoms with Gasteiger partial charge in [-0.15, -0.1) is 0 Å². The normalized spacial score (nSPS) is 15.4. The van der Waals surface area contributed by atoms with Crippen LogP contribution in [-0.4, -0.2) is 76.9 Å². The minimum atomic E-state index is -4.67. The second kappa shape index (κ2) is 42.3. The maximum Gasteiger partial charge on any atom is 0.472 e. The van der Waals surface area contributed by atoms with Gasteiger partial charge < -0.3 is 29.7 Å². The number of aliphatic hydroxyl groups excluding tert-OH is 3. The van der Waals surface area contributed by atoms with Crippen LogP contribution in [0.3, 0.4) is 0 Å². The van der Waals surface area contributed by atoms with Gasteiger partial charge in [0.25, 0.3) is 0 Å². The summed E-state index contributed by atoms with van der Waals surface area (Å²) in [5.41, 5.74) is 0. The van der Waals surface area contributed by atoms with E-state index in [1.54, 1.807) is 6.08 Å². The molecular formula is C48H77O11P. The molecule has 1 unspecified atom stereocenters. The Balaban J connectivity index is 4.59. The Morgan fingerprint density at radius 2 is 1.07 bits per heavy atom. The summed E-state index contributed by atoms with van der Waals surface area (Å²) in [7, 11) is -4.67. The predicted molar refractivity (Wildman–Crippen MR) is 243 cm³/mol. The van der Waals surface area contributed by atoms with E-state index in [2.05, 4.69) is 67.0 Å². The molecule has 0 saturated carbocycles. The summed E-state index contributed by atoms with van der Waals surface area (Å²) >= 11 is 0. The molecule has 0 aromatic carbocycles. The van der Waals surface area contributed by atoms with E-state index in [1.165, 1.54) is 38.5 Å². The van der Waals surface area contributed by atoms with Crippen molar-refractivity contribution in [1.82, 2.24) is 0 Å². The van der Waals surface area contributed by atoms with Crippen molar-refractivity contribution in [2.45, 2.75) is 154 Å². The molecule has 0 radical (unpaired) electrons. The Morgan fingerprint density at radius 3 is 1.63 bits per heavy atom. The van der Waals surface area contributed by atoms with E-state index >= 15 is 0 Å². The molecule has 0 spiro atoms. The lowest BCUT2D eigenvalue weighted by Gasteiger charge is -2.20. The average Bonchev–Trinajstić information content (AvgIpc) is 3.23. The van der Waals surface area contributed by atoms with Crippen molar-refractivity contribution in [1.29, 1.82) is 0 Å². The number of phosphoric acid groups is 1. The first-order valence-corrected chi connectivity index (χ1v) is 23.4. The number of hydrogen-bond donors (Lipinski definition) is 4. The van der Waals surface area contributed by atoms with E-state index in [1.807, 2.05) is 54.7 Å². The third kappa shape index (κ3) is 41.3. The molecule has 4 N–H and O–H groups in total. The van der Waals surface area contributed by atoms with Gasteiger partial charge in [0.2, 0.25) is 0 Å². The largest absolute Gasteiger partial charge is 0.472 e. The second-order valence-corrected chi connectivity index (χ2v) is 15.7. The van der Waals surface area contributed by atoms with Crippen LogP contribution in [0.5, 0.6) is 0 Å². The van der Waals surface area contributed by atoms with Crippen molar-refractivity contribution in [2.75, 3.05) is 26.4 Å². The maximum atomic E-state index is 12.6. The summed E-state index contributed by atoms with van der Waals surface area (Å²) in [6.45, 7) is 2.05. The van der Waals surface area contributed by atoms with Gasteiger partial charge in [0.15, 0.2) is 6.10 Å². The number of ether oxygens (including phenoxy) is 2. The van der Waals surface area contributed by atoms with Crippen molar-refractivity contribution in [3.8, 4) is 0 Å². The number of carbonyl (C=O) groups excluding carboxylic acids is 2. The van der Waals surface area contributed by atoms with Crippen LogP contribution >= 0.6 is 7.82 Å². The minimum Gasteiger partial charge on any atom is -0.462 e. The zero-order valence-corrected chi connectivity index (χ0v) is 37.4. The molecule has 0 heterocycles. The van der Waals surface area contributed by atoms with Crippen molar-refractivity contribution in [3.63, 3.8) is 0 Å². The third-order valence-corrected chi connectivity index (χ3v) is 9.44. The lowest BCUT2D eigenvalue weighted by atomic mass is 10.2. The fourth-order valence-corrected chi connectivity index (χ4v) is 5.84. The molecule has 0 rings (SSSR count). The van der Waals surface area contributed by atoms with Gasteiger partial charge in [0, 0.05) is 12.8 Å².